The molecule has 0 spiro atoms. The number of nitrogens with two attached hydrogens (primary N) is 1. The lowest BCUT2D eigenvalue weighted by Gasteiger charge is -2.36. The van der Waals surface area contributed by atoms with Crippen LogP contribution in [0.1, 0.15) is 45.4 Å². The third-order valence-electron chi connectivity index (χ3n) is 4.25. The van der Waals surface area contributed by atoms with Crippen molar-refractivity contribution in [3.63, 3.8) is 0 Å². The highest BCUT2D eigenvalue weighted by Gasteiger charge is 2.41. The summed E-state index contributed by atoms with van der Waals surface area (Å²) in [6, 6.07) is 0. The molecule has 1 saturated heterocycles. The largest absolute Gasteiger partial charge is 0.466 e. The Labute approximate surface area is 126 Å². The van der Waals surface area contributed by atoms with E-state index in [2.05, 4.69) is 0 Å². The van der Waals surface area contributed by atoms with E-state index in [0.717, 1.165) is 38.5 Å². The molecule has 2 rings (SSSR count). The second-order valence-corrected chi connectivity index (χ2v) is 5.71. The summed E-state index contributed by atoms with van der Waals surface area (Å²) in [5, 5.41) is 0. The first-order valence-electron chi connectivity index (χ1n) is 7.32. The van der Waals surface area contributed by atoms with E-state index in [1.807, 2.05) is 0 Å². The number of ether oxygens (including phenoxy) is 1. The number of likely N-dealkylation sites (tertiary alicyclic amines) is 1. The molecular formula is C14H25ClN2O3. The first-order valence-corrected chi connectivity index (χ1v) is 7.32. The van der Waals surface area contributed by atoms with Crippen LogP contribution < -0.4 is 5.73 Å². The van der Waals surface area contributed by atoms with Crippen LogP contribution >= 0.6 is 12.4 Å². The van der Waals surface area contributed by atoms with Crippen LogP contribution in [0.25, 0.3) is 0 Å². The van der Waals surface area contributed by atoms with Gasteiger partial charge < -0.3 is 15.4 Å². The molecule has 0 aromatic heterocycles. The van der Waals surface area contributed by atoms with Crippen molar-refractivity contribution in [1.82, 2.24) is 4.90 Å². The van der Waals surface area contributed by atoms with Gasteiger partial charge in [0, 0.05) is 13.1 Å². The zero-order chi connectivity index (χ0) is 13.9. The summed E-state index contributed by atoms with van der Waals surface area (Å²) in [7, 11) is 0. The lowest BCUT2D eigenvalue weighted by molar-refractivity contribution is -0.152. The number of nitrogens with zero attached hydrogens (tertiary/aromatic N) is 1. The SMILES string of the molecule is CCOC(=O)C1CCCN(C(=O)C2(N)CCCC2)C1.Cl. The standard InChI is InChI=1S/C14H24N2O3.ClH/c1-2-19-12(17)11-6-5-9-16(10-11)13(18)14(15)7-3-4-8-14;/h11H,2-10,15H2,1H3;1H. The average Bonchev–Trinajstić information content (AvgIpc) is 2.86. The van der Waals surface area contributed by atoms with E-state index in [4.69, 9.17) is 10.5 Å². The van der Waals surface area contributed by atoms with Crippen molar-refractivity contribution in [2.45, 2.75) is 51.0 Å². The zero-order valence-electron chi connectivity index (χ0n) is 12.1. The number of carbonyl (C=O) groups is 2. The number of hydrogen-bond donors (Lipinski definition) is 1. The number of carbonyl (C=O) groups excluding carboxylic acids is 2. The maximum atomic E-state index is 12.5. The molecule has 1 heterocycles. The molecular weight excluding hydrogens is 280 g/mol. The van der Waals surface area contributed by atoms with E-state index in [9.17, 15) is 9.59 Å². The number of piperidine rings is 1. The molecule has 20 heavy (non-hydrogen) atoms. The van der Waals surface area contributed by atoms with E-state index in [1.54, 1.807) is 11.8 Å². The fourth-order valence-corrected chi connectivity index (χ4v) is 3.15. The van der Waals surface area contributed by atoms with Crippen molar-refractivity contribution < 1.29 is 14.3 Å². The summed E-state index contributed by atoms with van der Waals surface area (Å²) in [6.45, 7) is 3.38. The van der Waals surface area contributed by atoms with E-state index in [0.29, 0.717) is 19.7 Å². The summed E-state index contributed by atoms with van der Waals surface area (Å²) >= 11 is 0. The molecule has 2 fully saturated rings. The van der Waals surface area contributed by atoms with Gasteiger partial charge in [-0.05, 0) is 32.6 Å². The van der Waals surface area contributed by atoms with Gasteiger partial charge >= 0.3 is 5.97 Å². The van der Waals surface area contributed by atoms with Gasteiger partial charge in [0.2, 0.25) is 5.91 Å². The number of hydrogen-bond acceptors (Lipinski definition) is 4. The Hall–Kier alpha value is -0.810. The van der Waals surface area contributed by atoms with E-state index < -0.39 is 5.54 Å². The van der Waals surface area contributed by atoms with Gasteiger partial charge in [0.25, 0.3) is 0 Å². The molecule has 0 aromatic rings. The predicted molar refractivity (Wildman–Crippen MR) is 78.6 cm³/mol. The van der Waals surface area contributed by atoms with E-state index in [-0.39, 0.29) is 30.2 Å². The lowest BCUT2D eigenvalue weighted by Crippen LogP contribution is -2.56. The number of rotatable bonds is 3. The van der Waals surface area contributed by atoms with Crippen LogP contribution in [0.4, 0.5) is 0 Å². The van der Waals surface area contributed by atoms with Gasteiger partial charge in [-0.1, -0.05) is 12.8 Å². The summed E-state index contributed by atoms with van der Waals surface area (Å²) in [5.74, 6) is -0.334. The Morgan fingerprint density at radius 1 is 1.30 bits per heavy atom. The van der Waals surface area contributed by atoms with Crippen molar-refractivity contribution >= 4 is 24.3 Å². The Kier molecular flexibility index (Phi) is 6.27. The van der Waals surface area contributed by atoms with Crippen LogP contribution in [0, 0.1) is 5.92 Å². The summed E-state index contributed by atoms with van der Waals surface area (Å²) in [5.41, 5.74) is 5.52. The lowest BCUT2D eigenvalue weighted by atomic mass is 9.93. The second kappa shape index (κ2) is 7.27. The molecule has 1 atom stereocenters. The first-order chi connectivity index (χ1) is 9.07. The second-order valence-electron chi connectivity index (χ2n) is 5.71. The highest BCUT2D eigenvalue weighted by Crippen LogP contribution is 2.30. The highest BCUT2D eigenvalue weighted by molar-refractivity contribution is 5.87. The molecule has 6 heteroatoms. The molecule has 1 amide bonds. The van der Waals surface area contributed by atoms with E-state index >= 15 is 0 Å². The molecule has 1 saturated carbocycles. The fourth-order valence-electron chi connectivity index (χ4n) is 3.15. The van der Waals surface area contributed by atoms with Gasteiger partial charge in [-0.2, -0.15) is 0 Å². The minimum atomic E-state index is -0.684. The molecule has 1 aliphatic heterocycles. The molecule has 1 aliphatic carbocycles. The molecule has 1 unspecified atom stereocenters. The molecule has 0 aromatic carbocycles. The van der Waals surface area contributed by atoms with Crippen molar-refractivity contribution in [2.24, 2.45) is 11.7 Å². The van der Waals surface area contributed by atoms with Gasteiger partial charge in [-0.15, -0.1) is 12.4 Å². The van der Waals surface area contributed by atoms with Crippen molar-refractivity contribution in [3.8, 4) is 0 Å². The summed E-state index contributed by atoms with van der Waals surface area (Å²) in [6.07, 6.45) is 5.25. The minimum Gasteiger partial charge on any atom is -0.466 e. The molecule has 5 nitrogen and oxygen atoms in total. The van der Waals surface area contributed by atoms with Crippen molar-refractivity contribution in [3.05, 3.63) is 0 Å². The average molecular weight is 305 g/mol. The molecule has 2 aliphatic rings. The minimum absolute atomic E-state index is 0. The van der Waals surface area contributed by atoms with Gasteiger partial charge in [-0.3, -0.25) is 9.59 Å². The quantitative estimate of drug-likeness (QED) is 0.802. The first kappa shape index (κ1) is 17.2. The monoisotopic (exact) mass is 304 g/mol. The van der Waals surface area contributed by atoms with Crippen LogP contribution in [0.15, 0.2) is 0 Å². The zero-order valence-corrected chi connectivity index (χ0v) is 12.9. The maximum Gasteiger partial charge on any atom is 0.310 e. The highest BCUT2D eigenvalue weighted by atomic mass is 35.5. The molecule has 0 bridgehead atoms. The topological polar surface area (TPSA) is 72.6 Å². The Balaban J connectivity index is 0.00000200. The smallest absolute Gasteiger partial charge is 0.310 e. The predicted octanol–water partition coefficient (Wildman–Crippen LogP) is 1.48. The van der Waals surface area contributed by atoms with Crippen molar-refractivity contribution in [2.75, 3.05) is 19.7 Å². The Morgan fingerprint density at radius 2 is 1.95 bits per heavy atom. The van der Waals surface area contributed by atoms with Crippen LogP contribution in [-0.4, -0.2) is 42.0 Å². The maximum absolute atomic E-state index is 12.5. The Bertz CT molecular complexity index is 356. The third kappa shape index (κ3) is 3.64. The van der Waals surface area contributed by atoms with Gasteiger partial charge in [-0.25, -0.2) is 0 Å². The van der Waals surface area contributed by atoms with Crippen molar-refractivity contribution in [1.29, 1.82) is 0 Å². The van der Waals surface area contributed by atoms with Gasteiger partial charge in [0.1, 0.15) is 0 Å². The van der Waals surface area contributed by atoms with Gasteiger partial charge in [0.05, 0.1) is 18.1 Å². The number of esters is 1. The fraction of sp³-hybridized carbons (Fsp3) is 0.857. The van der Waals surface area contributed by atoms with Crippen LogP contribution in [-0.2, 0) is 14.3 Å². The molecule has 2 N–H and O–H groups in total. The normalized spacial score (nSPS) is 24.9. The summed E-state index contributed by atoms with van der Waals surface area (Å²) in [4.78, 5) is 26.0. The van der Waals surface area contributed by atoms with Crippen LogP contribution in [0.5, 0.6) is 0 Å². The van der Waals surface area contributed by atoms with Crippen LogP contribution in [0.2, 0.25) is 0 Å². The summed E-state index contributed by atoms with van der Waals surface area (Å²) < 4.78 is 5.05. The molecule has 116 valence electrons. The van der Waals surface area contributed by atoms with Crippen LogP contribution in [0.3, 0.4) is 0 Å². The number of amides is 1. The van der Waals surface area contributed by atoms with Gasteiger partial charge in [0.15, 0.2) is 0 Å². The van der Waals surface area contributed by atoms with E-state index in [1.165, 1.54) is 0 Å². The molecule has 0 radical (unpaired) electrons. The third-order valence-corrected chi connectivity index (χ3v) is 4.25. The number of halogens is 1. The Morgan fingerprint density at radius 3 is 2.55 bits per heavy atom.